The first-order valence-electron chi connectivity index (χ1n) is 6.12. The molecular formula is C12H13IN4O2. The van der Waals surface area contributed by atoms with Gasteiger partial charge in [0.15, 0.2) is 0 Å². The van der Waals surface area contributed by atoms with Crippen molar-refractivity contribution in [2.45, 2.75) is 18.9 Å². The van der Waals surface area contributed by atoms with Gasteiger partial charge in [0.05, 0.1) is 12.2 Å². The van der Waals surface area contributed by atoms with Gasteiger partial charge in [-0.3, -0.25) is 9.67 Å². The van der Waals surface area contributed by atoms with E-state index >= 15 is 0 Å². The molecule has 6 nitrogen and oxygen atoms in total. The molecule has 0 bridgehead atoms. The number of hydrogen-bond donors (Lipinski definition) is 1. The second-order valence-electron chi connectivity index (χ2n) is 4.62. The third-order valence-electron chi connectivity index (χ3n) is 3.52. The van der Waals surface area contributed by atoms with Gasteiger partial charge < -0.3 is 10.0 Å². The number of halogens is 1. The highest BCUT2D eigenvalue weighted by atomic mass is 127. The van der Waals surface area contributed by atoms with Gasteiger partial charge >= 0.3 is 6.09 Å². The fourth-order valence-corrected chi connectivity index (χ4v) is 3.20. The topological polar surface area (TPSA) is 71.2 Å². The lowest BCUT2D eigenvalue weighted by Crippen LogP contribution is -2.38. The lowest BCUT2D eigenvalue weighted by molar-refractivity contribution is 0.124. The zero-order valence-corrected chi connectivity index (χ0v) is 12.3. The van der Waals surface area contributed by atoms with Gasteiger partial charge in [-0.25, -0.2) is 4.79 Å². The van der Waals surface area contributed by atoms with Gasteiger partial charge in [-0.05, 0) is 41.5 Å². The third-order valence-corrected chi connectivity index (χ3v) is 4.39. The van der Waals surface area contributed by atoms with Crippen molar-refractivity contribution in [1.29, 1.82) is 0 Å². The van der Waals surface area contributed by atoms with Crippen LogP contribution in [-0.4, -0.2) is 44.0 Å². The van der Waals surface area contributed by atoms with Crippen molar-refractivity contribution in [1.82, 2.24) is 19.7 Å². The summed E-state index contributed by atoms with van der Waals surface area (Å²) in [6.45, 7) is 1.14. The Morgan fingerprint density at radius 3 is 2.84 bits per heavy atom. The highest BCUT2D eigenvalue weighted by Gasteiger charge is 2.25. The maximum Gasteiger partial charge on any atom is 0.407 e. The molecule has 0 unspecified atom stereocenters. The van der Waals surface area contributed by atoms with Crippen LogP contribution in [0, 0.1) is 3.57 Å². The summed E-state index contributed by atoms with van der Waals surface area (Å²) in [7, 11) is 0. The van der Waals surface area contributed by atoms with E-state index < -0.39 is 6.09 Å². The molecule has 2 aromatic heterocycles. The SMILES string of the molecule is O=C(O)N1CCC(n2ncc3nccc(I)c32)CC1. The maximum atomic E-state index is 10.9. The molecule has 0 aromatic carbocycles. The fraction of sp³-hybridized carbons (Fsp3) is 0.417. The molecule has 7 heteroatoms. The molecule has 1 aliphatic rings. The number of nitrogens with zero attached hydrogens (tertiary/aromatic N) is 4. The summed E-state index contributed by atoms with van der Waals surface area (Å²) in [5.74, 6) is 0. The number of hydrogen-bond acceptors (Lipinski definition) is 3. The quantitative estimate of drug-likeness (QED) is 0.781. The molecule has 0 aliphatic carbocycles. The summed E-state index contributed by atoms with van der Waals surface area (Å²) in [5, 5.41) is 13.4. The Hall–Kier alpha value is -1.38. The summed E-state index contributed by atoms with van der Waals surface area (Å²) in [5.41, 5.74) is 1.95. The van der Waals surface area contributed by atoms with Crippen LogP contribution in [0.25, 0.3) is 11.0 Å². The molecule has 0 spiro atoms. The monoisotopic (exact) mass is 372 g/mol. The summed E-state index contributed by atoms with van der Waals surface area (Å²) in [6.07, 6.45) is 4.33. The summed E-state index contributed by atoms with van der Waals surface area (Å²) in [6, 6.07) is 2.22. The third kappa shape index (κ3) is 2.26. The Kier molecular flexibility index (Phi) is 3.29. The van der Waals surface area contributed by atoms with Gasteiger partial charge in [-0.2, -0.15) is 5.10 Å². The van der Waals surface area contributed by atoms with Gasteiger partial charge in [-0.15, -0.1) is 0 Å². The van der Waals surface area contributed by atoms with Crippen LogP contribution in [0.4, 0.5) is 4.79 Å². The molecule has 1 N–H and O–H groups in total. The Balaban J connectivity index is 1.88. The maximum absolute atomic E-state index is 10.9. The van der Waals surface area contributed by atoms with Crippen LogP contribution in [0.3, 0.4) is 0 Å². The first-order valence-corrected chi connectivity index (χ1v) is 7.20. The number of fused-ring (bicyclic) bond motifs is 1. The van der Waals surface area contributed by atoms with E-state index in [1.165, 1.54) is 4.90 Å². The van der Waals surface area contributed by atoms with Gasteiger partial charge in [0.25, 0.3) is 0 Å². The number of pyridine rings is 1. The van der Waals surface area contributed by atoms with Gasteiger partial charge in [-0.1, -0.05) is 0 Å². The van der Waals surface area contributed by atoms with Crippen molar-refractivity contribution in [3.8, 4) is 0 Å². The highest BCUT2D eigenvalue weighted by molar-refractivity contribution is 14.1. The minimum Gasteiger partial charge on any atom is -0.465 e. The number of piperidine rings is 1. The number of rotatable bonds is 1. The van der Waals surface area contributed by atoms with Crippen molar-refractivity contribution < 1.29 is 9.90 Å². The molecule has 3 rings (SSSR count). The van der Waals surface area contributed by atoms with Crippen LogP contribution in [0.2, 0.25) is 0 Å². The average molecular weight is 372 g/mol. The number of carbonyl (C=O) groups is 1. The zero-order chi connectivity index (χ0) is 13.4. The largest absolute Gasteiger partial charge is 0.465 e. The standard InChI is InChI=1S/C12H13IN4O2/c13-9-1-4-14-10-7-15-17(11(9)10)8-2-5-16(6-3-8)12(18)19/h1,4,7-8H,2-3,5-6H2,(H,18,19). The number of likely N-dealkylation sites (tertiary alicyclic amines) is 1. The first-order chi connectivity index (χ1) is 9.16. The molecule has 0 atom stereocenters. The Morgan fingerprint density at radius 1 is 1.42 bits per heavy atom. The predicted octanol–water partition coefficient (Wildman–Crippen LogP) is 2.35. The number of aromatic nitrogens is 3. The Labute approximate surface area is 123 Å². The van der Waals surface area contributed by atoms with Gasteiger partial charge in [0.1, 0.15) is 11.0 Å². The molecule has 0 saturated carbocycles. The molecule has 1 aliphatic heterocycles. The molecule has 1 amide bonds. The molecule has 3 heterocycles. The second kappa shape index (κ2) is 4.95. The normalized spacial score (nSPS) is 17.0. The number of amides is 1. The van der Waals surface area contributed by atoms with Gasteiger partial charge in [0.2, 0.25) is 0 Å². The Bertz CT molecular complexity index is 619. The second-order valence-corrected chi connectivity index (χ2v) is 5.78. The van der Waals surface area contributed by atoms with Crippen molar-refractivity contribution in [3.05, 3.63) is 22.0 Å². The van der Waals surface area contributed by atoms with Crippen molar-refractivity contribution in [3.63, 3.8) is 0 Å². The zero-order valence-electron chi connectivity index (χ0n) is 10.2. The van der Waals surface area contributed by atoms with E-state index in [0.717, 1.165) is 27.4 Å². The van der Waals surface area contributed by atoms with Crippen LogP contribution in [0.1, 0.15) is 18.9 Å². The molecule has 1 fully saturated rings. The van der Waals surface area contributed by atoms with Crippen LogP contribution >= 0.6 is 22.6 Å². The number of carboxylic acid groups (broad SMARTS) is 1. The van der Waals surface area contributed by atoms with Crippen LogP contribution < -0.4 is 0 Å². The van der Waals surface area contributed by atoms with E-state index in [-0.39, 0.29) is 6.04 Å². The summed E-state index contributed by atoms with van der Waals surface area (Å²) < 4.78 is 3.13. The van der Waals surface area contributed by atoms with E-state index in [0.29, 0.717) is 13.1 Å². The minimum absolute atomic E-state index is 0.255. The van der Waals surface area contributed by atoms with Crippen LogP contribution in [-0.2, 0) is 0 Å². The van der Waals surface area contributed by atoms with E-state index in [1.807, 2.05) is 10.7 Å². The van der Waals surface area contributed by atoms with E-state index in [9.17, 15) is 4.79 Å². The van der Waals surface area contributed by atoms with E-state index in [2.05, 4.69) is 32.7 Å². The molecular weight excluding hydrogens is 359 g/mol. The smallest absolute Gasteiger partial charge is 0.407 e. The van der Waals surface area contributed by atoms with E-state index in [4.69, 9.17) is 5.11 Å². The highest BCUT2D eigenvalue weighted by Crippen LogP contribution is 2.27. The predicted molar refractivity (Wildman–Crippen MR) is 78.1 cm³/mol. The fourth-order valence-electron chi connectivity index (χ4n) is 2.52. The summed E-state index contributed by atoms with van der Waals surface area (Å²) >= 11 is 2.29. The van der Waals surface area contributed by atoms with Crippen molar-refractivity contribution in [2.75, 3.05) is 13.1 Å². The first kappa shape index (κ1) is 12.6. The lowest BCUT2D eigenvalue weighted by Gasteiger charge is -2.30. The lowest BCUT2D eigenvalue weighted by atomic mass is 10.1. The average Bonchev–Trinajstić information content (AvgIpc) is 2.84. The van der Waals surface area contributed by atoms with Gasteiger partial charge in [0, 0.05) is 22.9 Å². The molecule has 100 valence electrons. The van der Waals surface area contributed by atoms with Crippen LogP contribution in [0.5, 0.6) is 0 Å². The molecule has 0 radical (unpaired) electrons. The van der Waals surface area contributed by atoms with E-state index in [1.54, 1.807) is 12.4 Å². The molecule has 19 heavy (non-hydrogen) atoms. The minimum atomic E-state index is -0.833. The Morgan fingerprint density at radius 2 is 2.16 bits per heavy atom. The van der Waals surface area contributed by atoms with Crippen molar-refractivity contribution in [2.24, 2.45) is 0 Å². The summed E-state index contributed by atoms with van der Waals surface area (Å²) in [4.78, 5) is 16.7. The molecule has 1 saturated heterocycles. The van der Waals surface area contributed by atoms with Crippen LogP contribution in [0.15, 0.2) is 18.5 Å². The van der Waals surface area contributed by atoms with Crippen molar-refractivity contribution >= 4 is 39.7 Å². The molecule has 2 aromatic rings.